The highest BCUT2D eigenvalue weighted by atomic mass is 16.5. The zero-order valence-electron chi connectivity index (χ0n) is 13.3. The first-order valence-corrected chi connectivity index (χ1v) is 8.22. The molecule has 0 amide bonds. The number of hydrogen-bond donors (Lipinski definition) is 0. The SMILES string of the molecule is O=C1CCCc2occ(-c3cccc(OCc4ccccc4)c3)c21. The number of rotatable bonds is 4. The lowest BCUT2D eigenvalue weighted by molar-refractivity contribution is 0.0970. The highest BCUT2D eigenvalue weighted by Gasteiger charge is 2.25. The molecule has 0 radical (unpaired) electrons. The maximum absolute atomic E-state index is 12.2. The number of benzene rings is 2. The molecule has 24 heavy (non-hydrogen) atoms. The highest BCUT2D eigenvalue weighted by Crippen LogP contribution is 2.34. The van der Waals surface area contributed by atoms with Crippen LogP contribution in [0.5, 0.6) is 5.75 Å². The molecule has 1 aliphatic rings. The normalized spacial score (nSPS) is 13.6. The minimum Gasteiger partial charge on any atom is -0.489 e. The molecular weight excluding hydrogens is 300 g/mol. The zero-order chi connectivity index (χ0) is 16.4. The first-order chi connectivity index (χ1) is 11.8. The number of fused-ring (bicyclic) bond motifs is 1. The smallest absolute Gasteiger partial charge is 0.167 e. The number of Topliss-reactive ketones (excluding diaryl/α,β-unsaturated/α-hetero) is 1. The summed E-state index contributed by atoms with van der Waals surface area (Å²) in [6.07, 6.45) is 4.01. The van der Waals surface area contributed by atoms with Gasteiger partial charge in [0.15, 0.2) is 5.78 Å². The van der Waals surface area contributed by atoms with Crippen molar-refractivity contribution in [3.05, 3.63) is 77.7 Å². The fraction of sp³-hybridized carbons (Fsp3) is 0.190. The third-order valence-electron chi connectivity index (χ3n) is 4.35. The van der Waals surface area contributed by atoms with E-state index >= 15 is 0 Å². The number of hydrogen-bond acceptors (Lipinski definition) is 3. The molecule has 2 aromatic carbocycles. The maximum atomic E-state index is 12.2. The summed E-state index contributed by atoms with van der Waals surface area (Å²) in [5.74, 6) is 1.78. The summed E-state index contributed by atoms with van der Waals surface area (Å²) in [5.41, 5.74) is 3.71. The van der Waals surface area contributed by atoms with Crippen molar-refractivity contribution in [1.82, 2.24) is 0 Å². The number of ether oxygens (including phenoxy) is 1. The molecule has 0 fully saturated rings. The molecule has 0 unspecified atom stereocenters. The van der Waals surface area contributed by atoms with Crippen LogP contribution in [0.15, 0.2) is 65.3 Å². The predicted octanol–water partition coefficient (Wildman–Crippen LogP) is 5.04. The number of aryl methyl sites for hydroxylation is 1. The van der Waals surface area contributed by atoms with Gasteiger partial charge in [0.2, 0.25) is 0 Å². The fourth-order valence-corrected chi connectivity index (χ4v) is 3.13. The molecule has 0 saturated carbocycles. The lowest BCUT2D eigenvalue weighted by Crippen LogP contribution is -2.09. The molecule has 0 bridgehead atoms. The van der Waals surface area contributed by atoms with Gasteiger partial charge in [-0.05, 0) is 29.7 Å². The van der Waals surface area contributed by atoms with Crippen molar-refractivity contribution in [3.8, 4) is 16.9 Å². The molecule has 1 heterocycles. The van der Waals surface area contributed by atoms with Crippen molar-refractivity contribution in [2.75, 3.05) is 0 Å². The molecule has 120 valence electrons. The van der Waals surface area contributed by atoms with Crippen molar-refractivity contribution < 1.29 is 13.9 Å². The summed E-state index contributed by atoms with van der Waals surface area (Å²) in [5, 5.41) is 0. The monoisotopic (exact) mass is 318 g/mol. The maximum Gasteiger partial charge on any atom is 0.167 e. The van der Waals surface area contributed by atoms with Crippen LogP contribution in [0.2, 0.25) is 0 Å². The molecule has 3 nitrogen and oxygen atoms in total. The van der Waals surface area contributed by atoms with E-state index in [0.29, 0.717) is 13.0 Å². The van der Waals surface area contributed by atoms with Crippen LogP contribution in [-0.4, -0.2) is 5.78 Å². The van der Waals surface area contributed by atoms with Crippen molar-refractivity contribution >= 4 is 5.78 Å². The van der Waals surface area contributed by atoms with E-state index in [2.05, 4.69) is 0 Å². The second-order valence-electron chi connectivity index (χ2n) is 6.03. The van der Waals surface area contributed by atoms with Crippen LogP contribution in [0.25, 0.3) is 11.1 Å². The lowest BCUT2D eigenvalue weighted by Gasteiger charge is -2.11. The molecule has 3 heteroatoms. The van der Waals surface area contributed by atoms with Gasteiger partial charge in [0.25, 0.3) is 0 Å². The van der Waals surface area contributed by atoms with E-state index < -0.39 is 0 Å². The van der Waals surface area contributed by atoms with E-state index in [0.717, 1.165) is 46.6 Å². The van der Waals surface area contributed by atoms with Gasteiger partial charge in [-0.15, -0.1) is 0 Å². The highest BCUT2D eigenvalue weighted by molar-refractivity contribution is 6.04. The Hall–Kier alpha value is -2.81. The topological polar surface area (TPSA) is 39.4 Å². The van der Waals surface area contributed by atoms with E-state index in [-0.39, 0.29) is 5.78 Å². The Morgan fingerprint density at radius 3 is 2.75 bits per heavy atom. The van der Waals surface area contributed by atoms with Gasteiger partial charge in [0.1, 0.15) is 18.1 Å². The largest absolute Gasteiger partial charge is 0.489 e. The fourth-order valence-electron chi connectivity index (χ4n) is 3.13. The summed E-state index contributed by atoms with van der Waals surface area (Å²) < 4.78 is 11.5. The van der Waals surface area contributed by atoms with Crippen molar-refractivity contribution in [2.24, 2.45) is 0 Å². The van der Waals surface area contributed by atoms with E-state index in [1.165, 1.54) is 0 Å². The molecule has 0 aliphatic heterocycles. The second kappa shape index (κ2) is 6.36. The van der Waals surface area contributed by atoms with Crippen LogP contribution in [0, 0.1) is 0 Å². The van der Waals surface area contributed by atoms with E-state index in [9.17, 15) is 4.79 Å². The van der Waals surface area contributed by atoms with Gasteiger partial charge in [-0.3, -0.25) is 4.79 Å². The average molecular weight is 318 g/mol. The van der Waals surface area contributed by atoms with E-state index in [4.69, 9.17) is 9.15 Å². The Bertz CT molecular complexity index is 862. The Kier molecular flexibility index (Phi) is 3.91. The van der Waals surface area contributed by atoms with Crippen molar-refractivity contribution in [1.29, 1.82) is 0 Å². The van der Waals surface area contributed by atoms with Gasteiger partial charge < -0.3 is 9.15 Å². The Morgan fingerprint density at radius 2 is 1.88 bits per heavy atom. The van der Waals surface area contributed by atoms with Crippen LogP contribution in [0.4, 0.5) is 0 Å². The summed E-state index contributed by atoms with van der Waals surface area (Å²) in [6.45, 7) is 0.521. The van der Waals surface area contributed by atoms with Gasteiger partial charge in [-0.2, -0.15) is 0 Å². The van der Waals surface area contributed by atoms with Gasteiger partial charge in [0.05, 0.1) is 11.8 Å². The third-order valence-corrected chi connectivity index (χ3v) is 4.35. The molecule has 0 atom stereocenters. The summed E-state index contributed by atoms with van der Waals surface area (Å²) in [4.78, 5) is 12.2. The number of carbonyl (C=O) groups excluding carboxylic acids is 1. The van der Waals surface area contributed by atoms with Crippen LogP contribution in [-0.2, 0) is 13.0 Å². The van der Waals surface area contributed by atoms with Crippen LogP contribution >= 0.6 is 0 Å². The standard InChI is InChI=1S/C21H18O3/c22-19-10-5-11-20-21(19)18(14-24-20)16-8-4-9-17(12-16)23-13-15-6-2-1-3-7-15/h1-4,6-9,12,14H,5,10-11,13H2. The minimum atomic E-state index is 0.176. The second-order valence-corrected chi connectivity index (χ2v) is 6.03. The number of carbonyl (C=O) groups is 1. The number of furan rings is 1. The van der Waals surface area contributed by atoms with Gasteiger partial charge in [0, 0.05) is 18.4 Å². The van der Waals surface area contributed by atoms with Crippen molar-refractivity contribution in [3.63, 3.8) is 0 Å². The van der Waals surface area contributed by atoms with E-state index in [1.54, 1.807) is 6.26 Å². The third kappa shape index (κ3) is 2.85. The predicted molar refractivity (Wildman–Crippen MR) is 92.2 cm³/mol. The minimum absolute atomic E-state index is 0.176. The van der Waals surface area contributed by atoms with E-state index in [1.807, 2.05) is 54.6 Å². The van der Waals surface area contributed by atoms with Gasteiger partial charge in [-0.1, -0.05) is 42.5 Å². The van der Waals surface area contributed by atoms with Gasteiger partial charge >= 0.3 is 0 Å². The van der Waals surface area contributed by atoms with Crippen LogP contribution in [0.1, 0.15) is 34.5 Å². The Morgan fingerprint density at radius 1 is 1.00 bits per heavy atom. The molecule has 4 rings (SSSR count). The molecule has 1 aromatic heterocycles. The Balaban J connectivity index is 1.59. The first kappa shape index (κ1) is 14.8. The lowest BCUT2D eigenvalue weighted by atomic mass is 9.91. The zero-order valence-corrected chi connectivity index (χ0v) is 13.3. The summed E-state index contributed by atoms with van der Waals surface area (Å²) in [7, 11) is 0. The average Bonchev–Trinajstić information content (AvgIpc) is 3.07. The molecule has 0 spiro atoms. The molecular formula is C21H18O3. The first-order valence-electron chi connectivity index (χ1n) is 8.22. The summed E-state index contributed by atoms with van der Waals surface area (Å²) >= 11 is 0. The molecule has 1 aliphatic carbocycles. The quantitative estimate of drug-likeness (QED) is 0.676. The number of ketones is 1. The molecule has 0 saturated heterocycles. The molecule has 3 aromatic rings. The van der Waals surface area contributed by atoms with Gasteiger partial charge in [-0.25, -0.2) is 0 Å². The van der Waals surface area contributed by atoms with Crippen molar-refractivity contribution in [2.45, 2.75) is 25.9 Å². The molecule has 0 N–H and O–H groups in total. The summed E-state index contributed by atoms with van der Waals surface area (Å²) in [6, 6.07) is 17.9. The Labute approximate surface area is 140 Å². The van der Waals surface area contributed by atoms with Crippen LogP contribution in [0.3, 0.4) is 0 Å². The van der Waals surface area contributed by atoms with Crippen LogP contribution < -0.4 is 4.74 Å².